The number of fused-ring (bicyclic) bond motifs is 1. The molecule has 0 radical (unpaired) electrons. The van der Waals surface area contributed by atoms with Gasteiger partial charge in [-0.15, -0.1) is 0 Å². The van der Waals surface area contributed by atoms with E-state index in [1.807, 2.05) is 12.1 Å². The van der Waals surface area contributed by atoms with Gasteiger partial charge in [0.25, 0.3) is 0 Å². The van der Waals surface area contributed by atoms with E-state index in [9.17, 15) is 13.2 Å². The quantitative estimate of drug-likeness (QED) is 0.879. The topological polar surface area (TPSA) is 17.0 Å². The van der Waals surface area contributed by atoms with Crippen LogP contribution in [0, 0.1) is 5.92 Å². The monoisotopic (exact) mass is 284 g/mol. The minimum Gasteiger partial charge on any atom is -0.338 e. The fourth-order valence-electron chi connectivity index (χ4n) is 2.27. The number of halogens is 3. The van der Waals surface area contributed by atoms with Gasteiger partial charge in [-0.1, -0.05) is 26.0 Å². The summed E-state index contributed by atoms with van der Waals surface area (Å²) in [5.41, 5.74) is 1.66. The van der Waals surface area contributed by atoms with Gasteiger partial charge in [-0.05, 0) is 30.2 Å². The van der Waals surface area contributed by atoms with E-state index < -0.39 is 12.7 Å². The lowest BCUT2D eigenvalue weighted by molar-refractivity contribution is -0.139. The van der Waals surface area contributed by atoms with Gasteiger partial charge in [-0.2, -0.15) is 13.2 Å². The van der Waals surface area contributed by atoms with Gasteiger partial charge >= 0.3 is 6.18 Å². The Bertz CT molecular complexity index is 570. The zero-order chi connectivity index (χ0) is 14.8. The Labute approximate surface area is 116 Å². The van der Waals surface area contributed by atoms with Crippen molar-refractivity contribution in [2.75, 3.05) is 6.54 Å². The number of rotatable bonds is 5. The van der Waals surface area contributed by atoms with Crippen molar-refractivity contribution in [2.45, 2.75) is 33.1 Å². The van der Waals surface area contributed by atoms with E-state index in [1.165, 1.54) is 10.8 Å². The SMILES string of the molecule is CC(C)CNCc1cccc2c1ccn2CC(F)(F)F. The van der Waals surface area contributed by atoms with Crippen LogP contribution < -0.4 is 5.32 Å². The Morgan fingerprint density at radius 2 is 1.95 bits per heavy atom. The minimum atomic E-state index is -4.20. The molecule has 5 heteroatoms. The molecule has 2 nitrogen and oxygen atoms in total. The van der Waals surface area contributed by atoms with E-state index in [4.69, 9.17) is 0 Å². The summed E-state index contributed by atoms with van der Waals surface area (Å²) >= 11 is 0. The lowest BCUT2D eigenvalue weighted by atomic mass is 10.1. The van der Waals surface area contributed by atoms with Gasteiger partial charge in [0.2, 0.25) is 0 Å². The highest BCUT2D eigenvalue weighted by Gasteiger charge is 2.28. The van der Waals surface area contributed by atoms with Crippen molar-refractivity contribution in [1.82, 2.24) is 9.88 Å². The molecule has 1 heterocycles. The van der Waals surface area contributed by atoms with Crippen molar-refractivity contribution in [3.8, 4) is 0 Å². The fraction of sp³-hybridized carbons (Fsp3) is 0.467. The van der Waals surface area contributed by atoms with Crippen LogP contribution in [0.15, 0.2) is 30.5 Å². The third kappa shape index (κ3) is 3.76. The second-order valence-corrected chi connectivity index (χ2v) is 5.43. The second-order valence-electron chi connectivity index (χ2n) is 5.43. The molecule has 0 amide bonds. The summed E-state index contributed by atoms with van der Waals surface area (Å²) in [6.45, 7) is 4.85. The summed E-state index contributed by atoms with van der Waals surface area (Å²) in [5.74, 6) is 0.545. The average Bonchev–Trinajstić information content (AvgIpc) is 2.71. The van der Waals surface area contributed by atoms with E-state index in [0.29, 0.717) is 18.0 Å². The van der Waals surface area contributed by atoms with Crippen LogP contribution in [0.2, 0.25) is 0 Å². The maximum Gasteiger partial charge on any atom is 0.406 e. The van der Waals surface area contributed by atoms with Gasteiger partial charge in [-0.25, -0.2) is 0 Å². The molecule has 0 saturated heterocycles. The summed E-state index contributed by atoms with van der Waals surface area (Å²) in [6.07, 6.45) is -2.69. The molecule has 2 rings (SSSR count). The molecule has 0 saturated carbocycles. The largest absolute Gasteiger partial charge is 0.406 e. The van der Waals surface area contributed by atoms with Crippen LogP contribution in [0.3, 0.4) is 0 Å². The molecule has 0 aliphatic carbocycles. The zero-order valence-corrected chi connectivity index (χ0v) is 11.7. The Morgan fingerprint density at radius 1 is 1.20 bits per heavy atom. The van der Waals surface area contributed by atoms with Gasteiger partial charge < -0.3 is 9.88 Å². The first kappa shape index (κ1) is 14.9. The highest BCUT2D eigenvalue weighted by atomic mass is 19.4. The lowest BCUT2D eigenvalue weighted by Crippen LogP contribution is -2.19. The molecular formula is C15H19F3N2. The number of aromatic nitrogens is 1. The predicted molar refractivity (Wildman–Crippen MR) is 74.5 cm³/mol. The van der Waals surface area contributed by atoms with Crippen LogP contribution in [-0.4, -0.2) is 17.3 Å². The van der Waals surface area contributed by atoms with Crippen molar-refractivity contribution < 1.29 is 13.2 Å². The molecule has 1 aromatic heterocycles. The molecule has 20 heavy (non-hydrogen) atoms. The Hall–Kier alpha value is -1.49. The van der Waals surface area contributed by atoms with Crippen LogP contribution >= 0.6 is 0 Å². The smallest absolute Gasteiger partial charge is 0.338 e. The fourth-order valence-corrected chi connectivity index (χ4v) is 2.27. The van der Waals surface area contributed by atoms with Crippen molar-refractivity contribution >= 4 is 10.9 Å². The van der Waals surface area contributed by atoms with Gasteiger partial charge in [0.05, 0.1) is 0 Å². The minimum absolute atomic E-state index is 0.545. The number of hydrogen-bond acceptors (Lipinski definition) is 1. The molecule has 0 bridgehead atoms. The van der Waals surface area contributed by atoms with Gasteiger partial charge in [-0.3, -0.25) is 0 Å². The average molecular weight is 284 g/mol. The summed E-state index contributed by atoms with van der Waals surface area (Å²) in [5, 5.41) is 4.20. The second kappa shape index (κ2) is 5.87. The lowest BCUT2D eigenvalue weighted by Gasteiger charge is -2.11. The van der Waals surface area contributed by atoms with Gasteiger partial charge in [0, 0.05) is 23.6 Å². The molecule has 0 aliphatic heterocycles. The van der Waals surface area contributed by atoms with E-state index in [0.717, 1.165) is 17.5 Å². The third-order valence-corrected chi connectivity index (χ3v) is 3.12. The first-order chi connectivity index (χ1) is 9.37. The maximum absolute atomic E-state index is 12.5. The van der Waals surface area contributed by atoms with Crippen LogP contribution in [0.5, 0.6) is 0 Å². The highest BCUT2D eigenvalue weighted by molar-refractivity contribution is 5.83. The number of alkyl halides is 3. The van der Waals surface area contributed by atoms with Gasteiger partial charge in [0.15, 0.2) is 0 Å². The Kier molecular flexibility index (Phi) is 4.38. The molecular weight excluding hydrogens is 265 g/mol. The van der Waals surface area contributed by atoms with Crippen LogP contribution in [0.25, 0.3) is 10.9 Å². The molecule has 1 N–H and O–H groups in total. The van der Waals surface area contributed by atoms with Crippen molar-refractivity contribution in [3.63, 3.8) is 0 Å². The van der Waals surface area contributed by atoms with Crippen molar-refractivity contribution in [2.24, 2.45) is 5.92 Å². The Morgan fingerprint density at radius 3 is 2.60 bits per heavy atom. The molecule has 0 fully saturated rings. The highest BCUT2D eigenvalue weighted by Crippen LogP contribution is 2.24. The van der Waals surface area contributed by atoms with E-state index in [1.54, 1.807) is 12.1 Å². The van der Waals surface area contributed by atoms with Crippen molar-refractivity contribution in [3.05, 3.63) is 36.0 Å². The van der Waals surface area contributed by atoms with Crippen LogP contribution in [-0.2, 0) is 13.1 Å². The first-order valence-corrected chi connectivity index (χ1v) is 6.71. The predicted octanol–water partition coefficient (Wildman–Crippen LogP) is 3.95. The van der Waals surface area contributed by atoms with Crippen LogP contribution in [0.4, 0.5) is 13.2 Å². The van der Waals surface area contributed by atoms with E-state index >= 15 is 0 Å². The standard InChI is InChI=1S/C15H19F3N2/c1-11(2)8-19-9-12-4-3-5-14-13(12)6-7-20(14)10-15(16,17)18/h3-7,11,19H,8-10H2,1-2H3. The normalized spacial score (nSPS) is 12.5. The maximum atomic E-state index is 12.5. The zero-order valence-electron chi connectivity index (χ0n) is 11.7. The molecule has 0 atom stereocenters. The van der Waals surface area contributed by atoms with Crippen molar-refractivity contribution in [1.29, 1.82) is 0 Å². The van der Waals surface area contributed by atoms with Crippen LogP contribution in [0.1, 0.15) is 19.4 Å². The first-order valence-electron chi connectivity index (χ1n) is 6.71. The summed E-state index contributed by atoms with van der Waals surface area (Å²) in [7, 11) is 0. The molecule has 0 spiro atoms. The summed E-state index contributed by atoms with van der Waals surface area (Å²) in [4.78, 5) is 0. The molecule has 110 valence electrons. The number of benzene rings is 1. The van der Waals surface area contributed by atoms with E-state index in [-0.39, 0.29) is 0 Å². The molecule has 0 unspecified atom stereocenters. The molecule has 2 aromatic rings. The van der Waals surface area contributed by atoms with Gasteiger partial charge in [0.1, 0.15) is 6.54 Å². The summed E-state index contributed by atoms with van der Waals surface area (Å²) < 4.78 is 38.8. The Balaban J connectivity index is 2.21. The number of nitrogens with zero attached hydrogens (tertiary/aromatic N) is 1. The number of hydrogen-bond donors (Lipinski definition) is 1. The third-order valence-electron chi connectivity index (χ3n) is 3.12. The molecule has 1 aromatic carbocycles. The van der Waals surface area contributed by atoms with E-state index in [2.05, 4.69) is 19.2 Å². The summed E-state index contributed by atoms with van der Waals surface area (Å²) in [6, 6.07) is 7.25. The molecule has 0 aliphatic rings. The number of nitrogens with one attached hydrogen (secondary N) is 1.